The van der Waals surface area contributed by atoms with Crippen LogP contribution < -0.4 is 20.3 Å². The van der Waals surface area contributed by atoms with E-state index >= 15 is 0 Å². The lowest BCUT2D eigenvalue weighted by Crippen LogP contribution is -2.36. The third kappa shape index (κ3) is 5.88. The molecule has 0 atom stereocenters. The molecule has 2 saturated heterocycles. The van der Waals surface area contributed by atoms with Crippen molar-refractivity contribution < 1.29 is 9.47 Å². The Labute approximate surface area is 205 Å². The van der Waals surface area contributed by atoms with Gasteiger partial charge in [-0.3, -0.25) is 0 Å². The Kier molecular flexibility index (Phi) is 7.37. The van der Waals surface area contributed by atoms with Gasteiger partial charge < -0.3 is 25.0 Å². The molecule has 8 nitrogen and oxygen atoms in total. The smallest absolute Gasteiger partial charge is 0.227 e. The van der Waals surface area contributed by atoms with Crippen LogP contribution in [0.5, 0.6) is 5.75 Å². The molecule has 0 spiro atoms. The second-order valence-corrected chi connectivity index (χ2v) is 8.86. The summed E-state index contributed by atoms with van der Waals surface area (Å²) in [6.45, 7) is 6.04. The molecule has 8 heteroatoms. The van der Waals surface area contributed by atoms with E-state index in [4.69, 9.17) is 9.47 Å². The summed E-state index contributed by atoms with van der Waals surface area (Å²) in [7, 11) is 0. The third-order valence-corrected chi connectivity index (χ3v) is 6.48. The van der Waals surface area contributed by atoms with Gasteiger partial charge in [-0.2, -0.15) is 5.26 Å². The first-order valence-electron chi connectivity index (χ1n) is 12.2. The Hall–Kier alpha value is -3.67. The molecule has 0 unspecified atom stereocenters. The normalized spacial score (nSPS) is 16.5. The van der Waals surface area contributed by atoms with Gasteiger partial charge in [0.05, 0.1) is 31.1 Å². The molecule has 35 heavy (non-hydrogen) atoms. The number of nitriles is 1. The SMILES string of the molecule is N#Cc1cc(-c2ccnc(Nc3ccc(N4CCOCC4)cc3)n2)ccc1OCC1CCNCC1. The number of benzene rings is 2. The van der Waals surface area contributed by atoms with Gasteiger partial charge in [-0.1, -0.05) is 0 Å². The fraction of sp³-hybridized carbons (Fsp3) is 0.370. The van der Waals surface area contributed by atoms with Crippen LogP contribution >= 0.6 is 0 Å². The van der Waals surface area contributed by atoms with E-state index in [1.165, 1.54) is 5.69 Å². The van der Waals surface area contributed by atoms with E-state index < -0.39 is 0 Å². The molecule has 3 heterocycles. The lowest BCUT2D eigenvalue weighted by Gasteiger charge is -2.28. The van der Waals surface area contributed by atoms with Gasteiger partial charge in [0.1, 0.15) is 11.8 Å². The second kappa shape index (κ2) is 11.2. The molecule has 2 aliphatic heterocycles. The average molecular weight is 471 g/mol. The van der Waals surface area contributed by atoms with Crippen molar-refractivity contribution in [2.24, 2.45) is 5.92 Å². The molecule has 0 aliphatic carbocycles. The van der Waals surface area contributed by atoms with Crippen molar-refractivity contribution in [1.82, 2.24) is 15.3 Å². The predicted molar refractivity (Wildman–Crippen MR) is 136 cm³/mol. The topological polar surface area (TPSA) is 95.3 Å². The van der Waals surface area contributed by atoms with Crippen molar-refractivity contribution in [3.8, 4) is 23.1 Å². The summed E-state index contributed by atoms with van der Waals surface area (Å²) in [5.41, 5.74) is 4.21. The number of hydrogen-bond acceptors (Lipinski definition) is 8. The predicted octanol–water partition coefficient (Wildman–Crippen LogP) is 3.97. The van der Waals surface area contributed by atoms with Gasteiger partial charge in [0.2, 0.25) is 5.95 Å². The van der Waals surface area contributed by atoms with Gasteiger partial charge >= 0.3 is 0 Å². The lowest BCUT2D eigenvalue weighted by atomic mass is 9.99. The van der Waals surface area contributed by atoms with Crippen molar-refractivity contribution in [1.29, 1.82) is 5.26 Å². The maximum atomic E-state index is 9.70. The molecule has 0 amide bonds. The van der Waals surface area contributed by atoms with Gasteiger partial charge in [0, 0.05) is 36.2 Å². The van der Waals surface area contributed by atoms with Crippen LogP contribution in [0.4, 0.5) is 17.3 Å². The molecule has 2 fully saturated rings. The first-order chi connectivity index (χ1) is 17.3. The zero-order valence-electron chi connectivity index (χ0n) is 19.7. The highest BCUT2D eigenvalue weighted by Crippen LogP contribution is 2.27. The number of nitrogens with one attached hydrogen (secondary N) is 2. The molecule has 2 aromatic carbocycles. The first kappa shape index (κ1) is 23.1. The maximum absolute atomic E-state index is 9.70. The van der Waals surface area contributed by atoms with Crippen molar-refractivity contribution in [2.75, 3.05) is 56.2 Å². The zero-order chi connectivity index (χ0) is 23.9. The summed E-state index contributed by atoms with van der Waals surface area (Å²) >= 11 is 0. The summed E-state index contributed by atoms with van der Waals surface area (Å²) in [4.78, 5) is 11.4. The van der Waals surface area contributed by atoms with Crippen molar-refractivity contribution in [3.63, 3.8) is 0 Å². The molecule has 0 saturated carbocycles. The standard InChI is InChI=1S/C27H30N6O2/c28-18-22-17-21(1-6-26(22)35-19-20-7-10-29-11-8-20)25-9-12-30-27(32-25)31-23-2-4-24(5-3-23)33-13-15-34-16-14-33/h1-6,9,12,17,20,29H,7-8,10-11,13-16,19H2,(H,30,31,32). The van der Waals surface area contributed by atoms with Gasteiger partial charge in [-0.05, 0) is 80.4 Å². The summed E-state index contributed by atoms with van der Waals surface area (Å²) in [6, 6.07) is 18.0. The molecule has 1 aromatic heterocycles. The Morgan fingerprint density at radius 2 is 1.89 bits per heavy atom. The van der Waals surface area contributed by atoms with Crippen LogP contribution in [0.3, 0.4) is 0 Å². The number of morpholine rings is 1. The molecule has 2 aliphatic rings. The van der Waals surface area contributed by atoms with E-state index in [1.807, 2.05) is 36.4 Å². The first-order valence-corrected chi connectivity index (χ1v) is 12.2. The summed E-state index contributed by atoms with van der Waals surface area (Å²) < 4.78 is 11.4. The van der Waals surface area contributed by atoms with Gasteiger partial charge in [-0.25, -0.2) is 9.97 Å². The lowest BCUT2D eigenvalue weighted by molar-refractivity contribution is 0.122. The number of aromatic nitrogens is 2. The van der Waals surface area contributed by atoms with Crippen LogP contribution in [-0.2, 0) is 4.74 Å². The largest absolute Gasteiger partial charge is 0.492 e. The molecule has 3 aromatic rings. The molecule has 2 N–H and O–H groups in total. The third-order valence-electron chi connectivity index (χ3n) is 6.48. The van der Waals surface area contributed by atoms with Crippen molar-refractivity contribution in [2.45, 2.75) is 12.8 Å². The number of nitrogens with zero attached hydrogens (tertiary/aromatic N) is 4. The van der Waals surface area contributed by atoms with Gasteiger partial charge in [-0.15, -0.1) is 0 Å². The molecular formula is C27H30N6O2. The van der Waals surface area contributed by atoms with Crippen LogP contribution in [0.25, 0.3) is 11.3 Å². The highest BCUT2D eigenvalue weighted by molar-refractivity contribution is 5.66. The highest BCUT2D eigenvalue weighted by atomic mass is 16.5. The van der Waals surface area contributed by atoms with E-state index in [1.54, 1.807) is 6.20 Å². The van der Waals surface area contributed by atoms with Gasteiger partial charge in [0.25, 0.3) is 0 Å². The minimum atomic E-state index is 0.506. The Bertz CT molecular complexity index is 1170. The minimum Gasteiger partial charge on any atom is -0.492 e. The van der Waals surface area contributed by atoms with Crippen molar-refractivity contribution in [3.05, 3.63) is 60.3 Å². The summed E-state index contributed by atoms with van der Waals surface area (Å²) in [5, 5.41) is 16.3. The van der Waals surface area contributed by atoms with Crippen LogP contribution in [0.2, 0.25) is 0 Å². The van der Waals surface area contributed by atoms with Crippen LogP contribution in [0.15, 0.2) is 54.7 Å². The Balaban J connectivity index is 1.26. The van der Waals surface area contributed by atoms with Crippen LogP contribution in [0.1, 0.15) is 18.4 Å². The quantitative estimate of drug-likeness (QED) is 0.536. The molecular weight excluding hydrogens is 440 g/mol. The van der Waals surface area contributed by atoms with Gasteiger partial charge in [0.15, 0.2) is 0 Å². The number of rotatable bonds is 7. The number of hydrogen-bond donors (Lipinski definition) is 2. The maximum Gasteiger partial charge on any atom is 0.227 e. The van der Waals surface area contributed by atoms with Crippen LogP contribution in [0, 0.1) is 17.2 Å². The number of piperidine rings is 1. The van der Waals surface area contributed by atoms with E-state index in [0.717, 1.165) is 69.2 Å². The molecule has 5 rings (SSSR count). The summed E-state index contributed by atoms with van der Waals surface area (Å²) in [6.07, 6.45) is 3.93. The highest BCUT2D eigenvalue weighted by Gasteiger charge is 2.15. The fourth-order valence-corrected chi connectivity index (χ4v) is 4.44. The summed E-state index contributed by atoms with van der Waals surface area (Å²) in [5.74, 6) is 1.66. The Morgan fingerprint density at radius 1 is 1.09 bits per heavy atom. The van der Waals surface area contributed by atoms with E-state index in [9.17, 15) is 5.26 Å². The number of anilines is 3. The van der Waals surface area contributed by atoms with E-state index in [2.05, 4.69) is 43.7 Å². The van der Waals surface area contributed by atoms with E-state index in [-0.39, 0.29) is 0 Å². The molecule has 180 valence electrons. The second-order valence-electron chi connectivity index (χ2n) is 8.86. The van der Waals surface area contributed by atoms with Crippen LogP contribution in [-0.4, -0.2) is 56.0 Å². The number of ether oxygens (including phenoxy) is 2. The molecule has 0 radical (unpaired) electrons. The monoisotopic (exact) mass is 470 g/mol. The minimum absolute atomic E-state index is 0.506. The van der Waals surface area contributed by atoms with Crippen molar-refractivity contribution >= 4 is 17.3 Å². The average Bonchev–Trinajstić information content (AvgIpc) is 2.93. The molecule has 0 bridgehead atoms. The zero-order valence-corrected chi connectivity index (χ0v) is 19.7. The van der Waals surface area contributed by atoms with E-state index in [0.29, 0.717) is 29.8 Å². The Morgan fingerprint density at radius 3 is 2.66 bits per heavy atom. The fourth-order valence-electron chi connectivity index (χ4n) is 4.44.